The lowest BCUT2D eigenvalue weighted by Crippen LogP contribution is -2.30. The Morgan fingerprint density at radius 1 is 1.15 bits per heavy atom. The van der Waals surface area contributed by atoms with E-state index in [0.717, 1.165) is 5.56 Å². The van der Waals surface area contributed by atoms with Crippen LogP contribution in [0.3, 0.4) is 0 Å². The van der Waals surface area contributed by atoms with Gasteiger partial charge in [-0.05, 0) is 29.5 Å². The summed E-state index contributed by atoms with van der Waals surface area (Å²) in [5, 5.41) is 27.8. The number of phenols is 2. The number of hydrogen-bond donors (Lipinski definition) is 6. The third-order valence-corrected chi connectivity index (χ3v) is 2.40. The molecule has 9 heteroatoms. The van der Waals surface area contributed by atoms with Crippen LogP contribution in [0.15, 0.2) is 18.2 Å². The Bertz CT molecular complexity index is 511. The second-order valence-corrected chi connectivity index (χ2v) is 5.74. The molecular weight excluding hydrogens is 290 g/mol. The molecule has 0 heterocycles. The van der Waals surface area contributed by atoms with Crippen LogP contribution in [0.4, 0.5) is 0 Å². The Morgan fingerprint density at radius 2 is 1.50 bits per heavy atom. The number of nitrogens with two attached hydrogens (primary N) is 1. The molecule has 0 amide bonds. The predicted molar refractivity (Wildman–Crippen MR) is 71.8 cm³/mol. The lowest BCUT2D eigenvalue weighted by atomic mass is 9.81. The summed E-state index contributed by atoms with van der Waals surface area (Å²) in [4.78, 5) is 0. The summed E-state index contributed by atoms with van der Waals surface area (Å²) in [5.74, 6) is 0.00849. The summed E-state index contributed by atoms with van der Waals surface area (Å²) in [5.41, 5.74) is 5.66. The van der Waals surface area contributed by atoms with E-state index in [1.165, 1.54) is 6.07 Å². The molecule has 0 saturated heterocycles. The van der Waals surface area contributed by atoms with E-state index in [1.54, 1.807) is 12.1 Å². The van der Waals surface area contributed by atoms with Crippen molar-refractivity contribution in [3.05, 3.63) is 23.8 Å². The molecule has 20 heavy (non-hydrogen) atoms. The summed E-state index contributed by atoms with van der Waals surface area (Å²) in [6, 6.07) is 4.38. The summed E-state index contributed by atoms with van der Waals surface area (Å²) >= 11 is 0. The van der Waals surface area contributed by atoms with Crippen LogP contribution in [0.1, 0.15) is 25.8 Å². The van der Waals surface area contributed by atoms with Crippen molar-refractivity contribution < 1.29 is 32.8 Å². The molecule has 0 aliphatic rings. The number of hydrogen-bond acceptors (Lipinski definition) is 6. The van der Waals surface area contributed by atoms with Crippen LogP contribution in [0.2, 0.25) is 0 Å². The molecule has 0 spiro atoms. The first-order valence-electron chi connectivity index (χ1n) is 5.48. The van der Waals surface area contributed by atoms with Gasteiger partial charge in [0.1, 0.15) is 17.7 Å². The van der Waals surface area contributed by atoms with Crippen molar-refractivity contribution in [2.45, 2.75) is 31.9 Å². The SMILES string of the molecule is CC(C)(CC(N)O)c1cc(O)cc(O)c1.O=S(=O)(O)O. The minimum absolute atomic E-state index is 0.00425. The van der Waals surface area contributed by atoms with Gasteiger partial charge in [-0.2, -0.15) is 8.42 Å². The number of phenolic OH excluding ortho intramolecular Hbond substituents is 2. The second kappa shape index (κ2) is 6.86. The highest BCUT2D eigenvalue weighted by Crippen LogP contribution is 2.32. The molecule has 0 bridgehead atoms. The fraction of sp³-hybridized carbons (Fsp3) is 0.455. The largest absolute Gasteiger partial charge is 0.508 e. The molecule has 116 valence electrons. The van der Waals surface area contributed by atoms with E-state index in [2.05, 4.69) is 0 Å². The summed E-state index contributed by atoms with van der Waals surface area (Å²) < 4.78 is 31.6. The first-order chi connectivity index (χ1) is 8.81. The monoisotopic (exact) mass is 309 g/mol. The van der Waals surface area contributed by atoms with Crippen molar-refractivity contribution in [1.29, 1.82) is 0 Å². The molecule has 0 aliphatic heterocycles. The number of aromatic hydroxyl groups is 2. The van der Waals surface area contributed by atoms with Crippen LogP contribution in [0, 0.1) is 0 Å². The molecule has 8 nitrogen and oxygen atoms in total. The maximum atomic E-state index is 9.34. The molecule has 0 fully saturated rings. The maximum Gasteiger partial charge on any atom is 0.394 e. The van der Waals surface area contributed by atoms with Crippen LogP contribution < -0.4 is 5.73 Å². The van der Waals surface area contributed by atoms with E-state index >= 15 is 0 Å². The van der Waals surface area contributed by atoms with Gasteiger partial charge in [0.05, 0.1) is 0 Å². The van der Waals surface area contributed by atoms with E-state index < -0.39 is 22.0 Å². The fourth-order valence-electron chi connectivity index (χ4n) is 1.63. The molecule has 0 aliphatic carbocycles. The third-order valence-electron chi connectivity index (χ3n) is 2.40. The first kappa shape index (κ1) is 18.6. The van der Waals surface area contributed by atoms with E-state index in [9.17, 15) is 10.2 Å². The molecule has 1 rings (SSSR count). The second-order valence-electron chi connectivity index (χ2n) is 4.84. The van der Waals surface area contributed by atoms with Crippen LogP contribution in [-0.2, 0) is 15.8 Å². The smallest absolute Gasteiger partial charge is 0.394 e. The molecule has 1 atom stereocenters. The Kier molecular flexibility index (Phi) is 6.38. The number of rotatable bonds is 3. The topological polar surface area (TPSA) is 161 Å². The number of aliphatic hydroxyl groups is 1. The highest BCUT2D eigenvalue weighted by atomic mass is 32.3. The van der Waals surface area contributed by atoms with Crippen molar-refractivity contribution in [3.63, 3.8) is 0 Å². The van der Waals surface area contributed by atoms with Gasteiger partial charge in [0.2, 0.25) is 0 Å². The van der Waals surface area contributed by atoms with Crippen molar-refractivity contribution >= 4 is 10.4 Å². The zero-order valence-corrected chi connectivity index (χ0v) is 11.9. The maximum absolute atomic E-state index is 9.34. The van der Waals surface area contributed by atoms with Gasteiger partial charge in [-0.25, -0.2) is 0 Å². The zero-order valence-electron chi connectivity index (χ0n) is 11.1. The summed E-state index contributed by atoms with van der Waals surface area (Å²) in [6.07, 6.45) is -0.555. The zero-order chi connectivity index (χ0) is 16.1. The number of benzene rings is 1. The van der Waals surface area contributed by atoms with Crippen molar-refractivity contribution in [2.75, 3.05) is 0 Å². The molecule has 0 radical (unpaired) electrons. The highest BCUT2D eigenvalue weighted by Gasteiger charge is 2.23. The van der Waals surface area contributed by atoms with Gasteiger partial charge < -0.3 is 21.1 Å². The van der Waals surface area contributed by atoms with Gasteiger partial charge in [0.15, 0.2) is 0 Å². The number of aliphatic hydroxyl groups excluding tert-OH is 1. The van der Waals surface area contributed by atoms with E-state index in [1.807, 2.05) is 13.8 Å². The molecular formula is C11H19NO7S. The van der Waals surface area contributed by atoms with E-state index in [-0.39, 0.29) is 11.5 Å². The molecule has 0 aromatic heterocycles. The van der Waals surface area contributed by atoms with Crippen LogP contribution >= 0.6 is 0 Å². The van der Waals surface area contributed by atoms with Gasteiger partial charge in [-0.3, -0.25) is 9.11 Å². The van der Waals surface area contributed by atoms with Gasteiger partial charge in [-0.1, -0.05) is 13.8 Å². The molecule has 7 N–H and O–H groups in total. The van der Waals surface area contributed by atoms with Crippen molar-refractivity contribution in [3.8, 4) is 11.5 Å². The predicted octanol–water partition coefficient (Wildman–Crippen LogP) is 0.390. The normalized spacial score (nSPS) is 13.3. The van der Waals surface area contributed by atoms with Gasteiger partial charge in [0.25, 0.3) is 0 Å². The lowest BCUT2D eigenvalue weighted by Gasteiger charge is -2.26. The van der Waals surface area contributed by atoms with Gasteiger partial charge >= 0.3 is 10.4 Å². The molecule has 0 saturated carbocycles. The third kappa shape index (κ3) is 8.67. The standard InChI is InChI=1S/C11H17NO3.H2O4S/c1-11(2,6-10(12)15)7-3-8(13)5-9(14)4-7;1-5(2,3)4/h3-5,10,13-15H,6,12H2,1-2H3;(H2,1,2,3,4). The highest BCUT2D eigenvalue weighted by molar-refractivity contribution is 7.79. The van der Waals surface area contributed by atoms with Crippen molar-refractivity contribution in [2.24, 2.45) is 5.73 Å². The van der Waals surface area contributed by atoms with Crippen molar-refractivity contribution in [1.82, 2.24) is 0 Å². The quantitative estimate of drug-likeness (QED) is 0.345. The van der Waals surface area contributed by atoms with Gasteiger partial charge in [-0.15, -0.1) is 0 Å². The minimum atomic E-state index is -4.67. The van der Waals surface area contributed by atoms with Gasteiger partial charge in [0, 0.05) is 6.07 Å². The Labute approximate surface area is 117 Å². The van der Waals surface area contributed by atoms with Crippen LogP contribution in [0.5, 0.6) is 11.5 Å². The lowest BCUT2D eigenvalue weighted by molar-refractivity contribution is 0.145. The molecule has 1 aromatic rings. The Morgan fingerprint density at radius 3 is 1.80 bits per heavy atom. The average molecular weight is 309 g/mol. The molecule has 1 unspecified atom stereocenters. The van der Waals surface area contributed by atoms with Crippen LogP contribution in [-0.4, -0.2) is 39.1 Å². The molecule has 1 aromatic carbocycles. The van der Waals surface area contributed by atoms with Crippen LogP contribution in [0.25, 0.3) is 0 Å². The summed E-state index contributed by atoms with van der Waals surface area (Å²) in [6.45, 7) is 3.77. The Hall–Kier alpha value is -1.39. The first-order valence-corrected chi connectivity index (χ1v) is 6.88. The minimum Gasteiger partial charge on any atom is -0.508 e. The van der Waals surface area contributed by atoms with E-state index in [0.29, 0.717) is 6.42 Å². The Balaban J connectivity index is 0.000000621. The average Bonchev–Trinajstić information content (AvgIpc) is 2.10. The summed E-state index contributed by atoms with van der Waals surface area (Å²) in [7, 11) is -4.67. The fourth-order valence-corrected chi connectivity index (χ4v) is 1.63. The van der Waals surface area contributed by atoms with E-state index in [4.69, 9.17) is 28.4 Å².